The zero-order chi connectivity index (χ0) is 23.3. The van der Waals surface area contributed by atoms with Crippen LogP contribution in [0.2, 0.25) is 0 Å². The maximum absolute atomic E-state index is 13.1. The van der Waals surface area contributed by atoms with Gasteiger partial charge in [-0.2, -0.15) is 13.2 Å². The largest absolute Gasteiger partial charge is 0.391 e. The Hall–Kier alpha value is -2.68. The smallest absolute Gasteiger partial charge is 0.373 e. The van der Waals surface area contributed by atoms with Crippen molar-refractivity contribution in [3.8, 4) is 0 Å². The first kappa shape index (κ1) is 22.1. The third-order valence-corrected chi connectivity index (χ3v) is 6.92. The molecule has 4 heterocycles. The lowest BCUT2D eigenvalue weighted by molar-refractivity contribution is -0.197. The minimum Gasteiger partial charge on any atom is -0.373 e. The molecular formula is C24H26F3N5O. The summed E-state index contributed by atoms with van der Waals surface area (Å²) in [6.07, 6.45) is -0.972. The Balaban J connectivity index is 1.50. The minimum absolute atomic E-state index is 0.0299. The van der Waals surface area contributed by atoms with E-state index in [4.69, 9.17) is 14.7 Å². The average Bonchev–Trinajstić information content (AvgIpc) is 2.73. The molecule has 0 aromatic carbocycles. The van der Waals surface area contributed by atoms with E-state index in [2.05, 4.69) is 15.0 Å². The van der Waals surface area contributed by atoms with Crippen LogP contribution in [0, 0.1) is 26.7 Å². The molecule has 9 heteroatoms. The lowest BCUT2D eigenvalue weighted by atomic mass is 9.72. The van der Waals surface area contributed by atoms with Crippen molar-refractivity contribution in [1.82, 2.24) is 24.9 Å². The van der Waals surface area contributed by atoms with Gasteiger partial charge in [-0.1, -0.05) is 0 Å². The molecule has 1 saturated heterocycles. The fraction of sp³-hybridized carbons (Fsp3) is 0.542. The van der Waals surface area contributed by atoms with E-state index in [1.54, 1.807) is 6.20 Å². The molecule has 2 aliphatic rings. The zero-order valence-electron chi connectivity index (χ0n) is 18.9. The van der Waals surface area contributed by atoms with Crippen LogP contribution < -0.4 is 0 Å². The van der Waals surface area contributed by atoms with Gasteiger partial charge >= 0.3 is 6.18 Å². The maximum Gasteiger partial charge on any atom is 0.391 e. The molecule has 0 spiro atoms. The predicted molar refractivity (Wildman–Crippen MR) is 116 cm³/mol. The van der Waals surface area contributed by atoms with E-state index < -0.39 is 12.1 Å². The van der Waals surface area contributed by atoms with Gasteiger partial charge in [-0.05, 0) is 64.2 Å². The molecule has 0 unspecified atom stereocenters. The first-order chi connectivity index (χ1) is 15.7. The van der Waals surface area contributed by atoms with Crippen molar-refractivity contribution in [2.24, 2.45) is 5.92 Å². The molecule has 0 N–H and O–H groups in total. The summed E-state index contributed by atoms with van der Waals surface area (Å²) in [7, 11) is 0. The van der Waals surface area contributed by atoms with Crippen LogP contribution in [-0.4, -0.2) is 37.7 Å². The van der Waals surface area contributed by atoms with Gasteiger partial charge in [0.25, 0.3) is 0 Å². The van der Waals surface area contributed by atoms with Gasteiger partial charge in [0, 0.05) is 30.3 Å². The summed E-state index contributed by atoms with van der Waals surface area (Å²) in [5.41, 5.74) is 5.09. The highest BCUT2D eigenvalue weighted by Crippen LogP contribution is 2.50. The Morgan fingerprint density at radius 2 is 1.70 bits per heavy atom. The van der Waals surface area contributed by atoms with Gasteiger partial charge in [0.05, 0.1) is 29.1 Å². The van der Waals surface area contributed by atoms with Crippen LogP contribution in [0.3, 0.4) is 0 Å². The van der Waals surface area contributed by atoms with Crippen molar-refractivity contribution in [3.63, 3.8) is 0 Å². The molecular weight excluding hydrogens is 431 g/mol. The number of halogens is 3. The topological polar surface area (TPSA) is 73.7 Å². The Bertz CT molecular complexity index is 1190. The van der Waals surface area contributed by atoms with Crippen LogP contribution >= 0.6 is 0 Å². The van der Waals surface area contributed by atoms with Crippen LogP contribution in [0.1, 0.15) is 77.8 Å². The minimum atomic E-state index is -4.17. The Morgan fingerprint density at radius 3 is 2.42 bits per heavy atom. The van der Waals surface area contributed by atoms with Gasteiger partial charge in [-0.15, -0.1) is 0 Å². The predicted octanol–water partition coefficient (Wildman–Crippen LogP) is 5.43. The molecule has 1 aliphatic heterocycles. The van der Waals surface area contributed by atoms with Crippen LogP contribution in [0.15, 0.2) is 18.3 Å². The highest BCUT2D eigenvalue weighted by Gasteiger charge is 2.49. The van der Waals surface area contributed by atoms with E-state index >= 15 is 0 Å². The zero-order valence-corrected chi connectivity index (χ0v) is 18.9. The number of fused-ring (bicyclic) bond motifs is 1. The molecule has 3 aromatic rings. The van der Waals surface area contributed by atoms with Crippen molar-refractivity contribution < 1.29 is 17.9 Å². The van der Waals surface area contributed by atoms with Crippen LogP contribution in [0.5, 0.6) is 0 Å². The highest BCUT2D eigenvalue weighted by molar-refractivity contribution is 5.73. The number of aromatic nitrogens is 5. The highest BCUT2D eigenvalue weighted by atomic mass is 19.4. The van der Waals surface area contributed by atoms with Crippen molar-refractivity contribution in [1.29, 1.82) is 0 Å². The normalized spacial score (nSPS) is 25.8. The Kier molecular flexibility index (Phi) is 5.55. The number of nitrogens with zero attached hydrogens (tertiary/aromatic N) is 5. The molecule has 3 aromatic heterocycles. The molecule has 0 amide bonds. The third kappa shape index (κ3) is 4.30. The number of hydrogen-bond acceptors (Lipinski definition) is 6. The summed E-state index contributed by atoms with van der Waals surface area (Å²) < 4.78 is 45.5. The van der Waals surface area contributed by atoms with Crippen LogP contribution in [0.25, 0.3) is 11.2 Å². The van der Waals surface area contributed by atoms with E-state index in [-0.39, 0.29) is 30.8 Å². The van der Waals surface area contributed by atoms with E-state index in [0.29, 0.717) is 35.7 Å². The SMILES string of the molecule is Cc1cc([C@@H]2C[C@@H](c3nc4nc(C)c(C)nc4c([C@H]4C[C@H](C(F)(F)F)C4)n3)CCO2)ccn1. The van der Waals surface area contributed by atoms with Crippen molar-refractivity contribution in [2.45, 2.75) is 70.6 Å². The van der Waals surface area contributed by atoms with Gasteiger partial charge in [0.15, 0.2) is 5.65 Å². The van der Waals surface area contributed by atoms with Gasteiger partial charge in [0.2, 0.25) is 0 Å². The Labute approximate surface area is 190 Å². The summed E-state index contributed by atoms with van der Waals surface area (Å²) in [5, 5.41) is 0. The second-order valence-corrected chi connectivity index (χ2v) is 9.25. The first-order valence-corrected chi connectivity index (χ1v) is 11.3. The number of hydrogen-bond donors (Lipinski definition) is 0. The maximum atomic E-state index is 13.1. The fourth-order valence-electron chi connectivity index (χ4n) is 4.76. The standard InChI is InChI=1S/C24H26F3N5O/c1-12-8-15(4-6-28-12)19-11-16(5-7-33-19)22-31-20(17-9-18(10-17)24(25,26)27)21-23(32-22)30-14(3)13(2)29-21/h4,6,8,16-19H,5,7,9-11H2,1-3H3/t16-,17-,18-,19-/m0/s1. The molecule has 0 bridgehead atoms. The van der Waals surface area contributed by atoms with Crippen molar-refractivity contribution >= 4 is 11.2 Å². The van der Waals surface area contributed by atoms with Gasteiger partial charge < -0.3 is 4.74 Å². The average molecular weight is 458 g/mol. The second kappa shape index (κ2) is 8.27. The number of ether oxygens (including phenoxy) is 1. The molecule has 2 fully saturated rings. The molecule has 5 rings (SSSR count). The molecule has 33 heavy (non-hydrogen) atoms. The van der Waals surface area contributed by atoms with E-state index in [1.807, 2.05) is 32.9 Å². The summed E-state index contributed by atoms with van der Waals surface area (Å²) in [6, 6.07) is 3.97. The number of alkyl halides is 3. The molecule has 174 valence electrons. The van der Waals surface area contributed by atoms with Gasteiger partial charge in [-0.25, -0.2) is 19.9 Å². The number of rotatable bonds is 3. The van der Waals surface area contributed by atoms with E-state index in [1.165, 1.54) is 0 Å². The van der Waals surface area contributed by atoms with Gasteiger partial charge in [0.1, 0.15) is 11.3 Å². The lowest BCUT2D eigenvalue weighted by Crippen LogP contribution is -2.35. The number of pyridine rings is 1. The van der Waals surface area contributed by atoms with E-state index in [9.17, 15) is 13.2 Å². The summed E-state index contributed by atoms with van der Waals surface area (Å²) in [5.74, 6) is -0.902. The third-order valence-electron chi connectivity index (χ3n) is 6.92. The summed E-state index contributed by atoms with van der Waals surface area (Å²) >= 11 is 0. The van der Waals surface area contributed by atoms with Crippen LogP contribution in [-0.2, 0) is 4.74 Å². The lowest BCUT2D eigenvalue weighted by Gasteiger charge is -2.36. The van der Waals surface area contributed by atoms with E-state index in [0.717, 1.165) is 29.1 Å². The molecule has 2 atom stereocenters. The quantitative estimate of drug-likeness (QED) is 0.522. The fourth-order valence-corrected chi connectivity index (χ4v) is 4.76. The summed E-state index contributed by atoms with van der Waals surface area (Å²) in [4.78, 5) is 23.1. The van der Waals surface area contributed by atoms with Crippen LogP contribution in [0.4, 0.5) is 13.2 Å². The van der Waals surface area contributed by atoms with Crippen molar-refractivity contribution in [2.75, 3.05) is 6.61 Å². The number of aryl methyl sites for hydroxylation is 3. The molecule has 6 nitrogen and oxygen atoms in total. The monoisotopic (exact) mass is 457 g/mol. The second-order valence-electron chi connectivity index (χ2n) is 9.25. The molecule has 1 aliphatic carbocycles. The Morgan fingerprint density at radius 1 is 0.939 bits per heavy atom. The molecule has 1 saturated carbocycles. The van der Waals surface area contributed by atoms with Gasteiger partial charge in [-0.3, -0.25) is 4.98 Å². The first-order valence-electron chi connectivity index (χ1n) is 11.3. The molecule has 0 radical (unpaired) electrons. The van der Waals surface area contributed by atoms with Crippen molar-refractivity contribution in [3.05, 3.63) is 52.5 Å². The summed E-state index contributed by atoms with van der Waals surface area (Å²) in [6.45, 7) is 6.21.